The molecule has 5 heteroatoms. The molecule has 4 N–H and O–H groups in total. The average molecular weight is 235 g/mol. The zero-order chi connectivity index (χ0) is 12.5. The monoisotopic (exact) mass is 235 g/mol. The Morgan fingerprint density at radius 2 is 1.88 bits per heavy atom. The van der Waals surface area contributed by atoms with E-state index in [1.54, 1.807) is 0 Å². The number of hydrazine groups is 1. The van der Waals surface area contributed by atoms with Gasteiger partial charge < -0.3 is 10.7 Å². The third-order valence-electron chi connectivity index (χ3n) is 3.00. The second kappa shape index (κ2) is 4.49. The summed E-state index contributed by atoms with van der Waals surface area (Å²) in [6.07, 6.45) is 3.75. The van der Waals surface area contributed by atoms with Crippen LogP contribution in [-0.2, 0) is 5.41 Å². The van der Waals surface area contributed by atoms with Crippen molar-refractivity contribution < 1.29 is 0 Å². The number of hydrogen-bond acceptors (Lipinski definition) is 5. The number of aromatic nitrogens is 2. The van der Waals surface area contributed by atoms with Gasteiger partial charge >= 0.3 is 0 Å². The molecule has 0 saturated heterocycles. The van der Waals surface area contributed by atoms with Crippen molar-refractivity contribution in [1.29, 1.82) is 0 Å². The summed E-state index contributed by atoms with van der Waals surface area (Å²) in [5.41, 5.74) is 2.52. The summed E-state index contributed by atoms with van der Waals surface area (Å²) in [7, 11) is 0. The van der Waals surface area contributed by atoms with Gasteiger partial charge in [-0.25, -0.2) is 15.8 Å². The van der Waals surface area contributed by atoms with Crippen LogP contribution < -0.4 is 16.6 Å². The number of anilines is 2. The maximum atomic E-state index is 5.44. The normalized spacial score (nSPS) is 16.5. The summed E-state index contributed by atoms with van der Waals surface area (Å²) in [5, 5.41) is 3.42. The molecule has 0 bridgehead atoms. The first-order chi connectivity index (χ1) is 7.99. The summed E-state index contributed by atoms with van der Waals surface area (Å²) in [6.45, 7) is 6.28. The van der Waals surface area contributed by atoms with E-state index in [4.69, 9.17) is 5.84 Å². The number of hydrogen-bond donors (Lipinski definition) is 3. The Balaban J connectivity index is 2.24. The van der Waals surface area contributed by atoms with Crippen LogP contribution in [0.25, 0.3) is 0 Å². The van der Waals surface area contributed by atoms with E-state index >= 15 is 0 Å². The predicted molar refractivity (Wildman–Crippen MR) is 69.8 cm³/mol. The minimum atomic E-state index is -0.0805. The van der Waals surface area contributed by atoms with Gasteiger partial charge in [0.05, 0.1) is 0 Å². The number of rotatable bonds is 3. The smallest absolute Gasteiger partial charge is 0.145 e. The highest BCUT2D eigenvalue weighted by Crippen LogP contribution is 2.25. The second-order valence-corrected chi connectivity index (χ2v) is 5.63. The molecule has 1 aromatic heterocycles. The van der Waals surface area contributed by atoms with Gasteiger partial charge in [0.15, 0.2) is 0 Å². The number of nitrogen functional groups attached to an aromatic ring is 1. The van der Waals surface area contributed by atoms with Crippen molar-refractivity contribution in [2.24, 2.45) is 5.84 Å². The fourth-order valence-electron chi connectivity index (χ4n) is 1.69. The van der Waals surface area contributed by atoms with E-state index in [-0.39, 0.29) is 5.41 Å². The van der Waals surface area contributed by atoms with E-state index in [0.717, 1.165) is 11.6 Å². The summed E-state index contributed by atoms with van der Waals surface area (Å²) in [4.78, 5) is 8.94. The molecular formula is C12H21N5. The average Bonchev–Trinajstić information content (AvgIpc) is 2.22. The molecule has 1 heterocycles. The Morgan fingerprint density at radius 3 is 2.35 bits per heavy atom. The molecule has 1 aliphatic carbocycles. The maximum Gasteiger partial charge on any atom is 0.145 e. The number of nitrogens with zero attached hydrogens (tertiary/aromatic N) is 2. The minimum Gasteiger partial charge on any atom is -0.367 e. The topological polar surface area (TPSA) is 75.9 Å². The molecule has 0 unspecified atom stereocenters. The number of nitrogens with one attached hydrogen (secondary N) is 2. The van der Waals surface area contributed by atoms with Gasteiger partial charge in [-0.2, -0.15) is 0 Å². The molecule has 1 aliphatic rings. The molecule has 2 rings (SSSR count). The van der Waals surface area contributed by atoms with E-state index in [9.17, 15) is 0 Å². The molecule has 0 radical (unpaired) electrons. The van der Waals surface area contributed by atoms with Crippen molar-refractivity contribution in [2.45, 2.75) is 51.5 Å². The fourth-order valence-corrected chi connectivity index (χ4v) is 1.69. The van der Waals surface area contributed by atoms with E-state index in [0.29, 0.717) is 11.9 Å². The molecule has 0 amide bonds. The standard InChI is InChI=1S/C12H21N5/c1-12(2,3)11-15-9(7-10(16-11)17-13)14-8-5-4-6-8/h7-8H,4-6,13H2,1-3H3,(H2,14,15,16,17). The predicted octanol–water partition coefficient (Wildman–Crippen LogP) is 2.02. The first kappa shape index (κ1) is 12.1. The zero-order valence-electron chi connectivity index (χ0n) is 10.7. The summed E-state index contributed by atoms with van der Waals surface area (Å²) in [6, 6.07) is 2.41. The van der Waals surface area contributed by atoms with Gasteiger partial charge in [-0.3, -0.25) is 0 Å². The lowest BCUT2D eigenvalue weighted by atomic mass is 9.93. The molecule has 1 saturated carbocycles. The summed E-state index contributed by atoms with van der Waals surface area (Å²) >= 11 is 0. The molecule has 17 heavy (non-hydrogen) atoms. The highest BCUT2D eigenvalue weighted by molar-refractivity contribution is 5.48. The van der Waals surface area contributed by atoms with Crippen LogP contribution >= 0.6 is 0 Å². The Bertz CT molecular complexity index is 392. The van der Waals surface area contributed by atoms with Crippen LogP contribution in [0.1, 0.15) is 45.9 Å². The molecule has 0 aromatic carbocycles. The molecule has 1 aromatic rings. The Kier molecular flexibility index (Phi) is 3.19. The van der Waals surface area contributed by atoms with Crippen molar-refractivity contribution >= 4 is 11.6 Å². The SMILES string of the molecule is CC(C)(C)c1nc(NN)cc(NC2CCC2)n1. The summed E-state index contributed by atoms with van der Waals surface area (Å²) < 4.78 is 0. The van der Waals surface area contributed by atoms with Crippen molar-refractivity contribution in [3.8, 4) is 0 Å². The maximum absolute atomic E-state index is 5.44. The molecule has 0 atom stereocenters. The van der Waals surface area contributed by atoms with Gasteiger partial charge in [0.2, 0.25) is 0 Å². The Hall–Kier alpha value is -1.36. The lowest BCUT2D eigenvalue weighted by Gasteiger charge is -2.28. The quantitative estimate of drug-likeness (QED) is 0.552. The van der Waals surface area contributed by atoms with Crippen molar-refractivity contribution in [1.82, 2.24) is 9.97 Å². The fraction of sp³-hybridized carbons (Fsp3) is 0.667. The van der Waals surface area contributed by atoms with Crippen molar-refractivity contribution in [3.05, 3.63) is 11.9 Å². The zero-order valence-corrected chi connectivity index (χ0v) is 10.7. The van der Waals surface area contributed by atoms with Gasteiger partial charge in [0.1, 0.15) is 17.5 Å². The summed E-state index contributed by atoms with van der Waals surface area (Å²) in [5.74, 6) is 7.76. The highest BCUT2D eigenvalue weighted by atomic mass is 15.3. The van der Waals surface area contributed by atoms with Crippen LogP contribution in [0.2, 0.25) is 0 Å². The largest absolute Gasteiger partial charge is 0.367 e. The van der Waals surface area contributed by atoms with Crippen LogP contribution in [0, 0.1) is 0 Å². The van der Waals surface area contributed by atoms with Crippen LogP contribution in [0.5, 0.6) is 0 Å². The van der Waals surface area contributed by atoms with Crippen molar-refractivity contribution in [3.63, 3.8) is 0 Å². The highest BCUT2D eigenvalue weighted by Gasteiger charge is 2.21. The van der Waals surface area contributed by atoms with Crippen molar-refractivity contribution in [2.75, 3.05) is 10.7 Å². The van der Waals surface area contributed by atoms with E-state index in [1.165, 1.54) is 19.3 Å². The third kappa shape index (κ3) is 2.85. The number of nitrogens with two attached hydrogens (primary N) is 1. The molecule has 5 nitrogen and oxygen atoms in total. The third-order valence-corrected chi connectivity index (χ3v) is 3.00. The van der Waals surface area contributed by atoms with E-state index in [2.05, 4.69) is 41.5 Å². The van der Waals surface area contributed by atoms with Crippen LogP contribution in [0.4, 0.5) is 11.6 Å². The minimum absolute atomic E-state index is 0.0805. The molecular weight excluding hydrogens is 214 g/mol. The van der Waals surface area contributed by atoms with Gasteiger partial charge in [-0.05, 0) is 19.3 Å². The van der Waals surface area contributed by atoms with Crippen LogP contribution in [-0.4, -0.2) is 16.0 Å². The molecule has 0 aliphatic heterocycles. The second-order valence-electron chi connectivity index (χ2n) is 5.63. The Morgan fingerprint density at radius 1 is 1.24 bits per heavy atom. The Labute approximate surface area is 102 Å². The van der Waals surface area contributed by atoms with Crippen LogP contribution in [0.15, 0.2) is 6.07 Å². The molecule has 94 valence electrons. The lowest BCUT2D eigenvalue weighted by Crippen LogP contribution is -2.28. The van der Waals surface area contributed by atoms with Crippen LogP contribution in [0.3, 0.4) is 0 Å². The van der Waals surface area contributed by atoms with E-state index < -0.39 is 0 Å². The first-order valence-corrected chi connectivity index (χ1v) is 6.12. The first-order valence-electron chi connectivity index (χ1n) is 6.12. The lowest BCUT2D eigenvalue weighted by molar-refractivity contribution is 0.443. The molecule has 0 spiro atoms. The van der Waals surface area contributed by atoms with Gasteiger partial charge in [0, 0.05) is 17.5 Å². The van der Waals surface area contributed by atoms with E-state index in [1.807, 2.05) is 6.07 Å². The van der Waals surface area contributed by atoms with Gasteiger partial charge in [0.25, 0.3) is 0 Å². The van der Waals surface area contributed by atoms with Gasteiger partial charge in [-0.15, -0.1) is 0 Å². The van der Waals surface area contributed by atoms with Gasteiger partial charge in [-0.1, -0.05) is 20.8 Å². The molecule has 1 fully saturated rings.